The third kappa shape index (κ3) is 5.35. The summed E-state index contributed by atoms with van der Waals surface area (Å²) < 4.78 is 4.88. The van der Waals surface area contributed by atoms with Crippen LogP contribution in [-0.2, 0) is 9.53 Å². The zero-order chi connectivity index (χ0) is 13.4. The van der Waals surface area contributed by atoms with Gasteiger partial charge in [0.25, 0.3) is 0 Å². The molecule has 1 rings (SSSR count). The maximum Gasteiger partial charge on any atom is 0.315 e. The molecule has 18 heavy (non-hydrogen) atoms. The first-order valence-electron chi connectivity index (χ1n) is 6.39. The molecule has 104 valence electrons. The maximum absolute atomic E-state index is 11.5. The Morgan fingerprint density at radius 1 is 1.39 bits per heavy atom. The van der Waals surface area contributed by atoms with Crippen LogP contribution >= 0.6 is 0 Å². The lowest BCUT2D eigenvalue weighted by Crippen LogP contribution is -2.45. The number of amides is 2. The Kier molecular flexibility index (Phi) is 6.49. The summed E-state index contributed by atoms with van der Waals surface area (Å²) in [6.07, 6.45) is 3.72. The number of carboxylic acid groups (broad SMARTS) is 1. The summed E-state index contributed by atoms with van der Waals surface area (Å²) in [5.41, 5.74) is 0. The number of methoxy groups -OCH3 is 1. The molecule has 0 saturated heterocycles. The zero-order valence-electron chi connectivity index (χ0n) is 10.8. The zero-order valence-corrected chi connectivity index (χ0v) is 10.8. The second kappa shape index (κ2) is 7.92. The van der Waals surface area contributed by atoms with Gasteiger partial charge in [0.1, 0.15) is 0 Å². The summed E-state index contributed by atoms with van der Waals surface area (Å²) in [6.45, 7) is 1.18. The van der Waals surface area contributed by atoms with Crippen LogP contribution in [0, 0.1) is 5.92 Å². The number of aliphatic carboxylic acids is 1. The van der Waals surface area contributed by atoms with E-state index in [0.29, 0.717) is 26.0 Å². The van der Waals surface area contributed by atoms with Crippen LogP contribution in [0.3, 0.4) is 0 Å². The Hall–Kier alpha value is -1.30. The highest BCUT2D eigenvalue weighted by molar-refractivity contribution is 5.74. The normalized spacial score (nSPS) is 23.4. The minimum Gasteiger partial charge on any atom is -0.481 e. The largest absolute Gasteiger partial charge is 0.481 e. The van der Waals surface area contributed by atoms with Crippen LogP contribution < -0.4 is 10.6 Å². The molecular weight excluding hydrogens is 236 g/mol. The van der Waals surface area contributed by atoms with Crippen molar-refractivity contribution < 1.29 is 19.4 Å². The maximum atomic E-state index is 11.5. The van der Waals surface area contributed by atoms with Gasteiger partial charge in [-0.25, -0.2) is 4.79 Å². The van der Waals surface area contributed by atoms with Gasteiger partial charge in [-0.05, 0) is 25.7 Å². The summed E-state index contributed by atoms with van der Waals surface area (Å²) in [5.74, 6) is -1.08. The van der Waals surface area contributed by atoms with Crippen LogP contribution in [-0.4, -0.2) is 43.4 Å². The predicted molar refractivity (Wildman–Crippen MR) is 66.4 cm³/mol. The van der Waals surface area contributed by atoms with E-state index in [2.05, 4.69) is 10.6 Å². The predicted octanol–water partition coefficient (Wildman–Crippen LogP) is 0.965. The Morgan fingerprint density at radius 3 is 2.83 bits per heavy atom. The molecule has 0 aromatic rings. The quantitative estimate of drug-likeness (QED) is 0.619. The Morgan fingerprint density at radius 2 is 2.17 bits per heavy atom. The third-order valence-electron chi connectivity index (χ3n) is 3.17. The van der Waals surface area contributed by atoms with Gasteiger partial charge in [0.05, 0.1) is 5.92 Å². The van der Waals surface area contributed by atoms with Crippen LogP contribution in [0.25, 0.3) is 0 Å². The number of urea groups is 1. The first-order valence-corrected chi connectivity index (χ1v) is 6.39. The molecule has 0 aromatic heterocycles. The number of rotatable bonds is 6. The smallest absolute Gasteiger partial charge is 0.315 e. The van der Waals surface area contributed by atoms with Crippen molar-refractivity contribution in [2.45, 2.75) is 38.1 Å². The molecule has 0 radical (unpaired) electrons. The van der Waals surface area contributed by atoms with E-state index in [0.717, 1.165) is 19.3 Å². The fourth-order valence-corrected chi connectivity index (χ4v) is 2.20. The van der Waals surface area contributed by atoms with Crippen molar-refractivity contribution in [2.75, 3.05) is 20.3 Å². The fraction of sp³-hybridized carbons (Fsp3) is 0.833. The molecule has 6 nitrogen and oxygen atoms in total. The Labute approximate surface area is 107 Å². The van der Waals surface area contributed by atoms with E-state index in [4.69, 9.17) is 9.84 Å². The molecule has 1 saturated carbocycles. The van der Waals surface area contributed by atoms with Crippen LogP contribution in [0.2, 0.25) is 0 Å². The number of carboxylic acids is 1. The van der Waals surface area contributed by atoms with E-state index in [1.165, 1.54) is 0 Å². The molecular formula is C12H22N2O4. The molecule has 0 heterocycles. The molecule has 1 aliphatic rings. The summed E-state index contributed by atoms with van der Waals surface area (Å²) in [7, 11) is 1.62. The standard InChI is InChI=1S/C12H22N2O4/c1-18-7-3-6-13-12(17)14-10-5-2-4-9(8-10)11(15)16/h9-10H,2-8H2,1H3,(H,15,16)(H2,13,14,17). The average molecular weight is 258 g/mol. The van der Waals surface area contributed by atoms with Gasteiger partial charge >= 0.3 is 12.0 Å². The highest BCUT2D eigenvalue weighted by atomic mass is 16.5. The van der Waals surface area contributed by atoms with E-state index >= 15 is 0 Å². The van der Waals surface area contributed by atoms with Gasteiger partial charge in [0, 0.05) is 26.3 Å². The van der Waals surface area contributed by atoms with E-state index in [9.17, 15) is 9.59 Å². The lowest BCUT2D eigenvalue weighted by atomic mass is 9.86. The van der Waals surface area contributed by atoms with Gasteiger partial charge in [0.2, 0.25) is 0 Å². The summed E-state index contributed by atoms with van der Waals surface area (Å²) >= 11 is 0. The van der Waals surface area contributed by atoms with Gasteiger partial charge in [0.15, 0.2) is 0 Å². The second-order valence-electron chi connectivity index (χ2n) is 4.65. The molecule has 0 aliphatic heterocycles. The number of hydrogen-bond acceptors (Lipinski definition) is 3. The SMILES string of the molecule is COCCCNC(=O)NC1CCCC(C(=O)O)C1. The molecule has 2 atom stereocenters. The Bertz CT molecular complexity index is 283. The summed E-state index contributed by atoms with van der Waals surface area (Å²) in [4.78, 5) is 22.4. The minimum atomic E-state index is -0.762. The second-order valence-corrected chi connectivity index (χ2v) is 4.65. The third-order valence-corrected chi connectivity index (χ3v) is 3.17. The first-order chi connectivity index (χ1) is 8.63. The van der Waals surface area contributed by atoms with Gasteiger partial charge in [-0.3, -0.25) is 4.79 Å². The topological polar surface area (TPSA) is 87.7 Å². The van der Waals surface area contributed by atoms with Crippen molar-refractivity contribution in [2.24, 2.45) is 5.92 Å². The molecule has 0 aromatic carbocycles. The van der Waals surface area contributed by atoms with Gasteiger partial charge in [-0.15, -0.1) is 0 Å². The summed E-state index contributed by atoms with van der Waals surface area (Å²) in [5, 5.41) is 14.5. The fourth-order valence-electron chi connectivity index (χ4n) is 2.20. The number of ether oxygens (including phenoxy) is 1. The van der Waals surface area contributed by atoms with E-state index in [-0.39, 0.29) is 18.0 Å². The number of carbonyl (C=O) groups excluding carboxylic acids is 1. The van der Waals surface area contributed by atoms with E-state index < -0.39 is 5.97 Å². The first kappa shape index (κ1) is 14.8. The average Bonchev–Trinajstić information content (AvgIpc) is 2.35. The molecule has 2 amide bonds. The van der Waals surface area contributed by atoms with Crippen LogP contribution in [0.4, 0.5) is 4.79 Å². The molecule has 0 bridgehead atoms. The molecule has 2 unspecified atom stereocenters. The number of carbonyl (C=O) groups is 2. The van der Waals surface area contributed by atoms with Crippen molar-refractivity contribution >= 4 is 12.0 Å². The monoisotopic (exact) mass is 258 g/mol. The minimum absolute atomic E-state index is 0.0257. The molecule has 1 aliphatic carbocycles. The van der Waals surface area contributed by atoms with Gasteiger partial charge < -0.3 is 20.5 Å². The van der Waals surface area contributed by atoms with Crippen molar-refractivity contribution in [3.8, 4) is 0 Å². The Balaban J connectivity index is 2.20. The molecule has 0 spiro atoms. The number of nitrogens with one attached hydrogen (secondary N) is 2. The number of hydrogen-bond donors (Lipinski definition) is 3. The van der Waals surface area contributed by atoms with Crippen LogP contribution in [0.1, 0.15) is 32.1 Å². The van der Waals surface area contributed by atoms with Crippen molar-refractivity contribution in [3.05, 3.63) is 0 Å². The molecule has 6 heteroatoms. The van der Waals surface area contributed by atoms with Crippen LogP contribution in [0.5, 0.6) is 0 Å². The van der Waals surface area contributed by atoms with Crippen LogP contribution in [0.15, 0.2) is 0 Å². The van der Waals surface area contributed by atoms with Crippen molar-refractivity contribution in [3.63, 3.8) is 0 Å². The molecule has 3 N–H and O–H groups in total. The lowest BCUT2D eigenvalue weighted by molar-refractivity contribution is -0.143. The highest BCUT2D eigenvalue weighted by Crippen LogP contribution is 2.24. The summed E-state index contributed by atoms with van der Waals surface area (Å²) in [6, 6.07) is -0.246. The highest BCUT2D eigenvalue weighted by Gasteiger charge is 2.27. The lowest BCUT2D eigenvalue weighted by Gasteiger charge is -2.27. The van der Waals surface area contributed by atoms with E-state index in [1.54, 1.807) is 7.11 Å². The van der Waals surface area contributed by atoms with E-state index in [1.807, 2.05) is 0 Å². The van der Waals surface area contributed by atoms with Crippen molar-refractivity contribution in [1.82, 2.24) is 10.6 Å². The van der Waals surface area contributed by atoms with Crippen molar-refractivity contribution in [1.29, 1.82) is 0 Å². The van der Waals surface area contributed by atoms with Gasteiger partial charge in [-0.1, -0.05) is 6.42 Å². The molecule has 1 fully saturated rings. The van der Waals surface area contributed by atoms with Gasteiger partial charge in [-0.2, -0.15) is 0 Å².